The van der Waals surface area contributed by atoms with Gasteiger partial charge in [0, 0.05) is 15.6 Å². The van der Waals surface area contributed by atoms with Crippen LogP contribution in [0.1, 0.15) is 26.3 Å². The molecule has 0 saturated heterocycles. The Morgan fingerprint density at radius 2 is 1.62 bits per heavy atom. The number of benzene rings is 3. The number of rotatable bonds is 7. The Hall–Kier alpha value is -3.68. The third-order valence-corrected chi connectivity index (χ3v) is 4.53. The molecule has 32 heavy (non-hydrogen) atoms. The van der Waals surface area contributed by atoms with Gasteiger partial charge in [-0.15, -0.1) is 0 Å². The van der Waals surface area contributed by atoms with Crippen LogP contribution in [0.4, 0.5) is 0 Å². The number of hydrogen-bond acceptors (Lipinski definition) is 5. The van der Waals surface area contributed by atoms with E-state index in [-0.39, 0.29) is 6.54 Å². The van der Waals surface area contributed by atoms with Crippen molar-refractivity contribution in [3.8, 4) is 5.75 Å². The zero-order chi connectivity index (χ0) is 22.9. The fraction of sp³-hybridized carbons (Fsp3) is 0.0435. The Labute approximate surface area is 194 Å². The van der Waals surface area contributed by atoms with Crippen molar-refractivity contribution in [2.75, 3.05) is 6.54 Å². The highest BCUT2D eigenvalue weighted by Crippen LogP contribution is 2.16. The number of carbonyl (C=O) groups is 3. The van der Waals surface area contributed by atoms with Crippen LogP contribution in [-0.4, -0.2) is 30.5 Å². The third-order valence-electron chi connectivity index (χ3n) is 4.05. The average Bonchev–Trinajstić information content (AvgIpc) is 2.78. The highest BCUT2D eigenvalue weighted by molar-refractivity contribution is 6.31. The van der Waals surface area contributed by atoms with E-state index in [0.717, 1.165) is 0 Å². The molecule has 3 rings (SSSR count). The van der Waals surface area contributed by atoms with Gasteiger partial charge in [-0.25, -0.2) is 10.2 Å². The molecule has 0 atom stereocenters. The molecular weight excluding hydrogens is 453 g/mol. The topological polar surface area (TPSA) is 96.9 Å². The van der Waals surface area contributed by atoms with E-state index in [4.69, 9.17) is 27.9 Å². The van der Waals surface area contributed by atoms with Gasteiger partial charge in [-0.3, -0.25) is 9.59 Å². The zero-order valence-corrected chi connectivity index (χ0v) is 18.1. The summed E-state index contributed by atoms with van der Waals surface area (Å²) in [5.74, 6) is -1.16. The van der Waals surface area contributed by atoms with E-state index in [9.17, 15) is 14.4 Å². The molecule has 0 saturated carbocycles. The van der Waals surface area contributed by atoms with Crippen LogP contribution >= 0.6 is 23.2 Å². The molecule has 0 aliphatic rings. The Morgan fingerprint density at radius 1 is 0.875 bits per heavy atom. The van der Waals surface area contributed by atoms with E-state index in [0.29, 0.717) is 32.5 Å². The fourth-order valence-corrected chi connectivity index (χ4v) is 2.84. The summed E-state index contributed by atoms with van der Waals surface area (Å²) >= 11 is 11.7. The standard InChI is InChI=1S/C23H17Cl2N3O4/c24-18-9-7-16(8-10-18)23(31)32-20-6-1-3-15(11-20)13-27-28-21(29)14-26-22(30)17-4-2-5-19(25)12-17/h1-13H,14H2,(H,26,30)(H,28,29)/b27-13+. The van der Waals surface area contributed by atoms with Crippen LogP contribution in [0.15, 0.2) is 77.9 Å². The molecule has 9 heteroatoms. The summed E-state index contributed by atoms with van der Waals surface area (Å²) in [6.45, 7) is -0.262. The monoisotopic (exact) mass is 469 g/mol. The molecule has 162 valence electrons. The first kappa shape index (κ1) is 23.0. The van der Waals surface area contributed by atoms with Gasteiger partial charge in [0.25, 0.3) is 11.8 Å². The molecule has 0 aliphatic heterocycles. The fourth-order valence-electron chi connectivity index (χ4n) is 2.52. The highest BCUT2D eigenvalue weighted by atomic mass is 35.5. The first-order valence-electron chi connectivity index (χ1n) is 9.34. The van der Waals surface area contributed by atoms with Crippen molar-refractivity contribution in [3.63, 3.8) is 0 Å². The Morgan fingerprint density at radius 3 is 2.38 bits per heavy atom. The second-order valence-corrected chi connectivity index (χ2v) is 7.33. The molecule has 0 bridgehead atoms. The number of carbonyl (C=O) groups excluding carboxylic acids is 3. The third kappa shape index (κ3) is 6.94. The second-order valence-electron chi connectivity index (χ2n) is 6.46. The molecule has 0 aliphatic carbocycles. The largest absolute Gasteiger partial charge is 0.423 e. The molecule has 0 heterocycles. The summed E-state index contributed by atoms with van der Waals surface area (Å²) < 4.78 is 5.34. The summed E-state index contributed by atoms with van der Waals surface area (Å²) in [5.41, 5.74) is 3.61. The number of halogens is 2. The number of ether oxygens (including phenoxy) is 1. The lowest BCUT2D eigenvalue weighted by Crippen LogP contribution is -2.34. The minimum atomic E-state index is -0.528. The van der Waals surface area contributed by atoms with Gasteiger partial charge in [0.2, 0.25) is 0 Å². The Bertz CT molecular complexity index is 1160. The first-order chi connectivity index (χ1) is 15.4. The molecule has 0 radical (unpaired) electrons. The van der Waals surface area contributed by atoms with Gasteiger partial charge >= 0.3 is 5.97 Å². The molecule has 0 aromatic heterocycles. The van der Waals surface area contributed by atoms with E-state index in [1.165, 1.54) is 12.3 Å². The molecule has 3 aromatic rings. The number of nitrogens with zero attached hydrogens (tertiary/aromatic N) is 1. The van der Waals surface area contributed by atoms with Crippen molar-refractivity contribution in [3.05, 3.63) is 99.5 Å². The maximum absolute atomic E-state index is 12.2. The van der Waals surface area contributed by atoms with Crippen LogP contribution in [-0.2, 0) is 4.79 Å². The summed E-state index contributed by atoms with van der Waals surface area (Å²) in [4.78, 5) is 36.1. The van der Waals surface area contributed by atoms with Gasteiger partial charge in [0.05, 0.1) is 18.3 Å². The van der Waals surface area contributed by atoms with E-state index < -0.39 is 17.8 Å². The van der Waals surface area contributed by atoms with E-state index >= 15 is 0 Å². The van der Waals surface area contributed by atoms with Gasteiger partial charge in [0.15, 0.2) is 0 Å². The lowest BCUT2D eigenvalue weighted by atomic mass is 10.2. The van der Waals surface area contributed by atoms with Crippen molar-refractivity contribution in [2.45, 2.75) is 0 Å². The van der Waals surface area contributed by atoms with Crippen LogP contribution in [0.25, 0.3) is 0 Å². The molecule has 7 nitrogen and oxygen atoms in total. The van der Waals surface area contributed by atoms with Crippen molar-refractivity contribution in [1.29, 1.82) is 0 Å². The number of esters is 1. The van der Waals surface area contributed by atoms with Crippen molar-refractivity contribution >= 4 is 47.2 Å². The molecule has 0 unspecified atom stereocenters. The molecule has 0 spiro atoms. The molecule has 0 fully saturated rings. The van der Waals surface area contributed by atoms with Gasteiger partial charge < -0.3 is 10.1 Å². The first-order valence-corrected chi connectivity index (χ1v) is 10.1. The number of hydrogen-bond donors (Lipinski definition) is 2. The SMILES string of the molecule is O=C(CNC(=O)c1cccc(Cl)c1)N/N=C/c1cccc(OC(=O)c2ccc(Cl)cc2)c1. The molecular formula is C23H17Cl2N3O4. The minimum absolute atomic E-state index is 0.262. The Kier molecular flexibility index (Phi) is 7.96. The summed E-state index contributed by atoms with van der Waals surface area (Å²) in [5, 5.41) is 7.26. The quantitative estimate of drug-likeness (QED) is 0.235. The number of nitrogens with one attached hydrogen (secondary N) is 2. The number of amides is 2. The van der Waals surface area contributed by atoms with Crippen molar-refractivity contribution in [2.24, 2.45) is 5.10 Å². The maximum atomic E-state index is 12.2. The summed E-state index contributed by atoms with van der Waals surface area (Å²) in [6, 6.07) is 19.3. The lowest BCUT2D eigenvalue weighted by Gasteiger charge is -2.06. The highest BCUT2D eigenvalue weighted by Gasteiger charge is 2.09. The summed E-state index contributed by atoms with van der Waals surface area (Å²) in [7, 11) is 0. The average molecular weight is 470 g/mol. The van der Waals surface area contributed by atoms with Gasteiger partial charge in [0.1, 0.15) is 5.75 Å². The van der Waals surface area contributed by atoms with E-state index in [1.807, 2.05) is 0 Å². The van der Waals surface area contributed by atoms with E-state index in [1.54, 1.807) is 66.7 Å². The van der Waals surface area contributed by atoms with Crippen LogP contribution in [0, 0.1) is 0 Å². The number of hydrazone groups is 1. The normalized spacial score (nSPS) is 10.6. The maximum Gasteiger partial charge on any atom is 0.343 e. The lowest BCUT2D eigenvalue weighted by molar-refractivity contribution is -0.120. The molecule has 2 amide bonds. The molecule has 2 N–H and O–H groups in total. The Balaban J connectivity index is 1.49. The van der Waals surface area contributed by atoms with Crippen LogP contribution in [0.3, 0.4) is 0 Å². The van der Waals surface area contributed by atoms with Crippen LogP contribution < -0.4 is 15.5 Å². The van der Waals surface area contributed by atoms with Crippen molar-refractivity contribution in [1.82, 2.24) is 10.7 Å². The van der Waals surface area contributed by atoms with Crippen LogP contribution in [0.5, 0.6) is 5.75 Å². The smallest absolute Gasteiger partial charge is 0.343 e. The van der Waals surface area contributed by atoms with Gasteiger partial charge in [-0.1, -0.05) is 41.4 Å². The minimum Gasteiger partial charge on any atom is -0.423 e. The van der Waals surface area contributed by atoms with Gasteiger partial charge in [-0.05, 0) is 60.2 Å². The van der Waals surface area contributed by atoms with Gasteiger partial charge in [-0.2, -0.15) is 5.10 Å². The molecule has 3 aromatic carbocycles. The van der Waals surface area contributed by atoms with E-state index in [2.05, 4.69) is 15.8 Å². The van der Waals surface area contributed by atoms with Crippen molar-refractivity contribution < 1.29 is 19.1 Å². The summed E-state index contributed by atoms with van der Waals surface area (Å²) in [6.07, 6.45) is 1.39. The predicted molar refractivity (Wildman–Crippen MR) is 122 cm³/mol. The van der Waals surface area contributed by atoms with Crippen LogP contribution in [0.2, 0.25) is 10.0 Å². The predicted octanol–water partition coefficient (Wildman–Crippen LogP) is 4.09. The zero-order valence-electron chi connectivity index (χ0n) is 16.5. The second kappa shape index (κ2) is 11.1.